The molecule has 0 bridgehead atoms. The number of hydrogen-bond donors (Lipinski definition) is 3. The molecule has 4 nitrogen and oxygen atoms in total. The molecule has 0 aliphatic heterocycles. The molecule has 0 saturated heterocycles. The zero-order valence-corrected chi connectivity index (χ0v) is 12.3. The molecule has 1 aromatic rings. The molecule has 0 radical (unpaired) electrons. The lowest BCUT2D eigenvalue weighted by Gasteiger charge is -2.37. The van der Waals surface area contributed by atoms with Crippen LogP contribution in [0.5, 0.6) is 0 Å². The summed E-state index contributed by atoms with van der Waals surface area (Å²) >= 11 is 0. The van der Waals surface area contributed by atoms with Gasteiger partial charge in [-0.1, -0.05) is 31.0 Å². The number of carbonyl (C=O) groups excluding carboxylic acids is 1. The number of carbonyl (C=O) groups is 1. The number of nitrogens with one attached hydrogen (secondary N) is 1. The maximum atomic E-state index is 13.5. The summed E-state index contributed by atoms with van der Waals surface area (Å²) in [6.07, 6.45) is 2.55. The number of hydrogen-bond acceptors (Lipinski definition) is 3. The fourth-order valence-electron chi connectivity index (χ4n) is 2.96. The Morgan fingerprint density at radius 2 is 2.24 bits per heavy atom. The van der Waals surface area contributed by atoms with Crippen LogP contribution in [-0.2, 0) is 4.79 Å². The van der Waals surface area contributed by atoms with Crippen LogP contribution in [0.15, 0.2) is 24.3 Å². The maximum Gasteiger partial charge on any atom is 0.225 e. The van der Waals surface area contributed by atoms with Gasteiger partial charge in [0.2, 0.25) is 5.91 Å². The normalized spacial score (nSPS) is 27.1. The average Bonchev–Trinajstić information content (AvgIpc) is 2.44. The van der Waals surface area contributed by atoms with E-state index in [0.717, 1.165) is 25.7 Å². The molecule has 5 heteroatoms. The van der Waals surface area contributed by atoms with E-state index in [0.29, 0.717) is 0 Å². The van der Waals surface area contributed by atoms with Gasteiger partial charge in [0.25, 0.3) is 0 Å². The summed E-state index contributed by atoms with van der Waals surface area (Å²) in [6, 6.07) is 6.02. The molecule has 0 aromatic heterocycles. The average molecular weight is 294 g/mol. The molecule has 1 aliphatic rings. The van der Waals surface area contributed by atoms with Crippen LogP contribution in [0.1, 0.15) is 44.3 Å². The monoisotopic (exact) mass is 294 g/mol. The maximum absolute atomic E-state index is 13.5. The van der Waals surface area contributed by atoms with Crippen molar-refractivity contribution >= 4 is 5.91 Å². The minimum atomic E-state index is -1.05. The van der Waals surface area contributed by atoms with E-state index in [1.54, 1.807) is 12.1 Å². The number of amides is 1. The molecule has 1 aromatic carbocycles. The lowest BCUT2D eigenvalue weighted by Crippen LogP contribution is -2.53. The molecular weight excluding hydrogens is 271 g/mol. The number of benzene rings is 1. The molecule has 1 amide bonds. The van der Waals surface area contributed by atoms with E-state index in [-0.39, 0.29) is 23.9 Å². The highest BCUT2D eigenvalue weighted by Crippen LogP contribution is 2.31. The molecule has 1 fully saturated rings. The lowest BCUT2D eigenvalue weighted by atomic mass is 9.74. The quantitative estimate of drug-likeness (QED) is 0.793. The Labute approximate surface area is 124 Å². The highest BCUT2D eigenvalue weighted by Gasteiger charge is 2.37. The number of aliphatic hydroxyl groups excluding tert-OH is 1. The van der Waals surface area contributed by atoms with E-state index >= 15 is 0 Å². The van der Waals surface area contributed by atoms with Crippen LogP contribution in [0.4, 0.5) is 4.39 Å². The molecule has 0 heterocycles. The summed E-state index contributed by atoms with van der Waals surface area (Å²) in [5, 5.41) is 12.7. The van der Waals surface area contributed by atoms with Gasteiger partial charge < -0.3 is 16.2 Å². The van der Waals surface area contributed by atoms with Gasteiger partial charge in [-0.05, 0) is 25.8 Å². The second-order valence-electron chi connectivity index (χ2n) is 6.09. The van der Waals surface area contributed by atoms with E-state index in [9.17, 15) is 14.3 Å². The van der Waals surface area contributed by atoms with Crippen molar-refractivity contribution in [2.45, 2.75) is 44.2 Å². The van der Waals surface area contributed by atoms with Gasteiger partial charge in [-0.2, -0.15) is 0 Å². The number of halogens is 1. The molecule has 3 atom stereocenters. The number of nitrogens with two attached hydrogens (primary N) is 1. The van der Waals surface area contributed by atoms with Crippen molar-refractivity contribution in [1.82, 2.24) is 5.32 Å². The third kappa shape index (κ3) is 3.80. The minimum absolute atomic E-state index is 0.00759. The Morgan fingerprint density at radius 1 is 1.52 bits per heavy atom. The lowest BCUT2D eigenvalue weighted by molar-refractivity contribution is -0.128. The van der Waals surface area contributed by atoms with Crippen LogP contribution in [-0.4, -0.2) is 23.1 Å². The molecule has 2 rings (SSSR count). The molecule has 1 aliphatic carbocycles. The highest BCUT2D eigenvalue weighted by molar-refractivity contribution is 5.80. The summed E-state index contributed by atoms with van der Waals surface area (Å²) in [4.78, 5) is 12.2. The first-order chi connectivity index (χ1) is 9.92. The first kappa shape index (κ1) is 15.9. The topological polar surface area (TPSA) is 75.4 Å². The number of rotatable bonds is 4. The van der Waals surface area contributed by atoms with Gasteiger partial charge in [-0.15, -0.1) is 0 Å². The van der Waals surface area contributed by atoms with Gasteiger partial charge in [0.15, 0.2) is 0 Å². The van der Waals surface area contributed by atoms with Crippen LogP contribution in [0.2, 0.25) is 0 Å². The first-order valence-corrected chi connectivity index (χ1v) is 7.41. The molecule has 116 valence electrons. The van der Waals surface area contributed by atoms with Crippen molar-refractivity contribution in [3.63, 3.8) is 0 Å². The van der Waals surface area contributed by atoms with Gasteiger partial charge in [-0.3, -0.25) is 4.79 Å². The Hall–Kier alpha value is -1.46. The van der Waals surface area contributed by atoms with E-state index < -0.39 is 17.5 Å². The highest BCUT2D eigenvalue weighted by atomic mass is 19.1. The standard InChI is InChI=1S/C16H23FN2O2/c1-16(18)9-5-4-7-12(16)15(21)19-10-14(20)11-6-2-3-8-13(11)17/h2-3,6,8,12,14,20H,4-5,7,9-10,18H2,1H3,(H,19,21). The molecular formula is C16H23FN2O2. The summed E-state index contributed by atoms with van der Waals surface area (Å²) in [7, 11) is 0. The van der Waals surface area contributed by atoms with Crippen molar-refractivity contribution in [2.24, 2.45) is 11.7 Å². The SMILES string of the molecule is CC1(N)CCCCC1C(=O)NCC(O)c1ccccc1F. The van der Waals surface area contributed by atoms with E-state index in [1.807, 2.05) is 6.92 Å². The van der Waals surface area contributed by atoms with Crippen LogP contribution in [0.25, 0.3) is 0 Å². The van der Waals surface area contributed by atoms with Crippen LogP contribution in [0, 0.1) is 11.7 Å². The Kier molecular flexibility index (Phi) is 4.96. The second-order valence-corrected chi connectivity index (χ2v) is 6.09. The van der Waals surface area contributed by atoms with Crippen LogP contribution < -0.4 is 11.1 Å². The fourth-order valence-corrected chi connectivity index (χ4v) is 2.96. The largest absolute Gasteiger partial charge is 0.386 e. The van der Waals surface area contributed by atoms with Gasteiger partial charge >= 0.3 is 0 Å². The van der Waals surface area contributed by atoms with Crippen molar-refractivity contribution in [3.8, 4) is 0 Å². The summed E-state index contributed by atoms with van der Waals surface area (Å²) in [5.41, 5.74) is 5.86. The Bertz CT molecular complexity index is 505. The smallest absolute Gasteiger partial charge is 0.225 e. The predicted molar refractivity (Wildman–Crippen MR) is 78.9 cm³/mol. The van der Waals surface area contributed by atoms with Crippen molar-refractivity contribution < 1.29 is 14.3 Å². The van der Waals surface area contributed by atoms with Crippen molar-refractivity contribution in [3.05, 3.63) is 35.6 Å². The van der Waals surface area contributed by atoms with Crippen LogP contribution >= 0.6 is 0 Å². The molecule has 1 saturated carbocycles. The van der Waals surface area contributed by atoms with Crippen molar-refractivity contribution in [1.29, 1.82) is 0 Å². The van der Waals surface area contributed by atoms with Crippen molar-refractivity contribution in [2.75, 3.05) is 6.54 Å². The first-order valence-electron chi connectivity index (χ1n) is 7.41. The summed E-state index contributed by atoms with van der Waals surface area (Å²) in [5.74, 6) is -0.880. The van der Waals surface area contributed by atoms with Gasteiger partial charge in [0, 0.05) is 17.6 Å². The fraction of sp³-hybridized carbons (Fsp3) is 0.562. The minimum Gasteiger partial charge on any atom is -0.386 e. The van der Waals surface area contributed by atoms with Gasteiger partial charge in [0.1, 0.15) is 5.82 Å². The zero-order chi connectivity index (χ0) is 15.5. The van der Waals surface area contributed by atoms with Gasteiger partial charge in [0.05, 0.1) is 12.0 Å². The molecule has 0 spiro atoms. The Balaban J connectivity index is 1.93. The van der Waals surface area contributed by atoms with E-state index in [2.05, 4.69) is 5.32 Å². The second kappa shape index (κ2) is 6.54. The zero-order valence-electron chi connectivity index (χ0n) is 12.3. The summed E-state index contributed by atoms with van der Waals surface area (Å²) in [6.45, 7) is 1.88. The van der Waals surface area contributed by atoms with Gasteiger partial charge in [-0.25, -0.2) is 4.39 Å². The van der Waals surface area contributed by atoms with Crippen LogP contribution in [0.3, 0.4) is 0 Å². The molecule has 3 unspecified atom stereocenters. The van der Waals surface area contributed by atoms with E-state index in [4.69, 9.17) is 5.73 Å². The number of aliphatic hydroxyl groups is 1. The summed E-state index contributed by atoms with van der Waals surface area (Å²) < 4.78 is 13.5. The predicted octanol–water partition coefficient (Wildman–Crippen LogP) is 1.88. The molecule has 4 N–H and O–H groups in total. The third-order valence-electron chi connectivity index (χ3n) is 4.30. The molecule has 21 heavy (non-hydrogen) atoms. The van der Waals surface area contributed by atoms with E-state index in [1.165, 1.54) is 12.1 Å². The third-order valence-corrected chi connectivity index (χ3v) is 4.30. The Morgan fingerprint density at radius 3 is 2.90 bits per heavy atom.